The van der Waals surface area contributed by atoms with Crippen molar-refractivity contribution in [2.24, 2.45) is 5.92 Å². The molecule has 19 heavy (non-hydrogen) atoms. The summed E-state index contributed by atoms with van der Waals surface area (Å²) >= 11 is 5.85. The van der Waals surface area contributed by atoms with Crippen LogP contribution < -0.4 is 0 Å². The number of halogens is 1. The molecule has 2 nitrogen and oxygen atoms in total. The molecule has 1 atom stereocenters. The maximum absolute atomic E-state index is 10.2. The summed E-state index contributed by atoms with van der Waals surface area (Å²) in [6.07, 6.45) is 0.345. The Morgan fingerprint density at radius 1 is 1.11 bits per heavy atom. The van der Waals surface area contributed by atoms with Crippen LogP contribution in [0.3, 0.4) is 0 Å². The van der Waals surface area contributed by atoms with Crippen molar-refractivity contribution in [1.82, 2.24) is 4.90 Å². The molecule has 0 saturated heterocycles. The smallest absolute Gasteiger partial charge is 0.0802 e. The van der Waals surface area contributed by atoms with Gasteiger partial charge in [0.1, 0.15) is 0 Å². The quantitative estimate of drug-likeness (QED) is 0.813. The van der Waals surface area contributed by atoms with E-state index in [4.69, 9.17) is 11.6 Å². The number of aliphatic hydroxyl groups excluding tert-OH is 1. The number of rotatable bonds is 7. The van der Waals surface area contributed by atoms with Crippen molar-refractivity contribution in [3.63, 3.8) is 0 Å². The minimum Gasteiger partial charge on any atom is -0.388 e. The Balaban J connectivity index is 2.51. The van der Waals surface area contributed by atoms with Gasteiger partial charge in [0, 0.05) is 24.2 Å². The van der Waals surface area contributed by atoms with Crippen LogP contribution in [-0.4, -0.2) is 29.1 Å². The first-order valence-electron chi connectivity index (χ1n) is 7.07. The fourth-order valence-electron chi connectivity index (χ4n) is 2.17. The fraction of sp³-hybridized carbons (Fsp3) is 0.625. The summed E-state index contributed by atoms with van der Waals surface area (Å²) in [6.45, 7) is 10.9. The molecule has 3 heteroatoms. The van der Waals surface area contributed by atoms with Crippen molar-refractivity contribution in [2.45, 2.75) is 46.3 Å². The summed E-state index contributed by atoms with van der Waals surface area (Å²) in [5.41, 5.74) is 0.942. The maximum Gasteiger partial charge on any atom is 0.0802 e. The number of nitrogens with zero attached hydrogens (tertiary/aromatic N) is 1. The lowest BCUT2D eigenvalue weighted by Crippen LogP contribution is -2.35. The van der Waals surface area contributed by atoms with Crippen molar-refractivity contribution >= 4 is 11.6 Å². The molecule has 0 saturated carbocycles. The van der Waals surface area contributed by atoms with Gasteiger partial charge < -0.3 is 10.0 Å². The van der Waals surface area contributed by atoms with E-state index in [1.165, 1.54) is 0 Å². The Bertz CT molecular complexity index is 362. The van der Waals surface area contributed by atoms with Gasteiger partial charge in [-0.2, -0.15) is 0 Å². The summed E-state index contributed by atoms with van der Waals surface area (Å²) in [7, 11) is 0. The molecule has 0 radical (unpaired) electrons. The number of aliphatic hydroxyl groups is 1. The second kappa shape index (κ2) is 7.88. The minimum absolute atomic E-state index is 0.411. The number of hydrogen-bond donors (Lipinski definition) is 1. The van der Waals surface area contributed by atoms with E-state index in [1.807, 2.05) is 24.3 Å². The molecule has 0 aliphatic carbocycles. The minimum atomic E-state index is -0.411. The van der Waals surface area contributed by atoms with Crippen LogP contribution in [0.5, 0.6) is 0 Å². The fourth-order valence-corrected chi connectivity index (χ4v) is 2.30. The Morgan fingerprint density at radius 3 is 2.16 bits per heavy atom. The first-order valence-corrected chi connectivity index (χ1v) is 7.45. The second-order valence-corrected chi connectivity index (χ2v) is 6.27. The van der Waals surface area contributed by atoms with Crippen LogP contribution in [0.4, 0.5) is 0 Å². The van der Waals surface area contributed by atoms with E-state index in [9.17, 15) is 5.11 Å². The number of hydrogen-bond acceptors (Lipinski definition) is 2. The van der Waals surface area contributed by atoms with Crippen molar-refractivity contribution in [3.05, 3.63) is 34.9 Å². The molecular formula is C16H26ClNO. The van der Waals surface area contributed by atoms with Gasteiger partial charge in [0.2, 0.25) is 0 Å². The van der Waals surface area contributed by atoms with E-state index in [-0.39, 0.29) is 0 Å². The first kappa shape index (κ1) is 16.5. The summed E-state index contributed by atoms with van der Waals surface area (Å²) in [4.78, 5) is 2.42. The van der Waals surface area contributed by atoms with Crippen LogP contribution >= 0.6 is 11.6 Å². The van der Waals surface area contributed by atoms with Gasteiger partial charge in [0.15, 0.2) is 0 Å². The topological polar surface area (TPSA) is 23.5 Å². The summed E-state index contributed by atoms with van der Waals surface area (Å²) in [5.74, 6) is 0.648. The lowest BCUT2D eigenvalue weighted by Gasteiger charge is -2.29. The molecule has 0 heterocycles. The lowest BCUT2D eigenvalue weighted by molar-refractivity contribution is 0.123. The zero-order valence-corrected chi connectivity index (χ0v) is 13.2. The van der Waals surface area contributed by atoms with Gasteiger partial charge in [-0.05, 0) is 43.9 Å². The summed E-state index contributed by atoms with van der Waals surface area (Å²) < 4.78 is 0. The van der Waals surface area contributed by atoms with Crippen molar-refractivity contribution in [2.75, 3.05) is 13.1 Å². The lowest BCUT2D eigenvalue weighted by atomic mass is 10.1. The number of benzene rings is 1. The maximum atomic E-state index is 10.2. The van der Waals surface area contributed by atoms with Gasteiger partial charge in [-0.25, -0.2) is 0 Å². The van der Waals surface area contributed by atoms with Crippen molar-refractivity contribution < 1.29 is 5.11 Å². The van der Waals surface area contributed by atoms with Crippen LogP contribution in [0.15, 0.2) is 24.3 Å². The van der Waals surface area contributed by atoms with Gasteiger partial charge >= 0.3 is 0 Å². The summed E-state index contributed by atoms with van der Waals surface area (Å²) in [5, 5.41) is 10.9. The Kier molecular flexibility index (Phi) is 6.84. The molecule has 0 spiro atoms. The van der Waals surface area contributed by atoms with Crippen LogP contribution in [0, 0.1) is 5.92 Å². The molecule has 0 fully saturated rings. The highest BCUT2D eigenvalue weighted by Crippen LogP contribution is 2.20. The molecule has 1 aromatic carbocycles. The van der Waals surface area contributed by atoms with Crippen LogP contribution in [-0.2, 0) is 0 Å². The Labute approximate surface area is 122 Å². The van der Waals surface area contributed by atoms with Crippen molar-refractivity contribution in [3.8, 4) is 0 Å². The highest BCUT2D eigenvalue weighted by atomic mass is 35.5. The molecule has 108 valence electrons. The second-order valence-electron chi connectivity index (χ2n) is 5.84. The normalized spacial score (nSPS) is 13.5. The highest BCUT2D eigenvalue weighted by Gasteiger charge is 2.14. The average molecular weight is 284 g/mol. The predicted molar refractivity (Wildman–Crippen MR) is 82.6 cm³/mol. The molecular weight excluding hydrogens is 258 g/mol. The Morgan fingerprint density at radius 2 is 1.68 bits per heavy atom. The highest BCUT2D eigenvalue weighted by molar-refractivity contribution is 6.30. The first-order chi connectivity index (χ1) is 8.90. The van der Waals surface area contributed by atoms with Crippen LogP contribution in [0.25, 0.3) is 0 Å². The van der Waals surface area contributed by atoms with E-state index in [1.54, 1.807) is 0 Å². The third kappa shape index (κ3) is 5.94. The van der Waals surface area contributed by atoms with Crippen LogP contribution in [0.1, 0.15) is 45.8 Å². The Hall–Kier alpha value is -0.570. The van der Waals surface area contributed by atoms with Gasteiger partial charge in [0.05, 0.1) is 6.10 Å². The molecule has 1 unspecified atom stereocenters. The third-order valence-corrected chi connectivity index (χ3v) is 3.53. The predicted octanol–water partition coefficient (Wildman–Crippen LogP) is 4.13. The van der Waals surface area contributed by atoms with E-state index in [0.717, 1.165) is 25.1 Å². The van der Waals surface area contributed by atoms with E-state index < -0.39 is 6.10 Å². The molecule has 0 aliphatic rings. The molecule has 1 N–H and O–H groups in total. The molecule has 1 rings (SSSR count). The van der Waals surface area contributed by atoms with Gasteiger partial charge in [-0.15, -0.1) is 0 Å². The zero-order chi connectivity index (χ0) is 14.4. The average Bonchev–Trinajstić information content (AvgIpc) is 2.34. The van der Waals surface area contributed by atoms with Gasteiger partial charge in [0.25, 0.3) is 0 Å². The van der Waals surface area contributed by atoms with Crippen molar-refractivity contribution in [1.29, 1.82) is 0 Å². The molecule has 0 amide bonds. The van der Waals surface area contributed by atoms with Gasteiger partial charge in [-0.3, -0.25) is 0 Å². The molecule has 0 aliphatic heterocycles. The zero-order valence-electron chi connectivity index (χ0n) is 12.4. The SMILES string of the molecule is CC(C)CN(CCC(O)c1ccc(Cl)cc1)C(C)C. The standard InChI is InChI=1S/C16H26ClNO/c1-12(2)11-18(13(3)4)10-9-16(19)14-5-7-15(17)8-6-14/h5-8,12-13,16,19H,9-11H2,1-4H3. The molecule has 0 bridgehead atoms. The largest absolute Gasteiger partial charge is 0.388 e. The third-order valence-electron chi connectivity index (χ3n) is 3.27. The monoisotopic (exact) mass is 283 g/mol. The van der Waals surface area contributed by atoms with E-state index in [2.05, 4.69) is 32.6 Å². The van der Waals surface area contributed by atoms with E-state index in [0.29, 0.717) is 17.0 Å². The van der Waals surface area contributed by atoms with Crippen LogP contribution in [0.2, 0.25) is 5.02 Å². The molecule has 1 aromatic rings. The van der Waals surface area contributed by atoms with Gasteiger partial charge in [-0.1, -0.05) is 37.6 Å². The summed E-state index contributed by atoms with van der Waals surface area (Å²) in [6, 6.07) is 7.97. The molecule has 0 aromatic heterocycles. The van der Waals surface area contributed by atoms with E-state index >= 15 is 0 Å².